The molecule has 0 radical (unpaired) electrons. The number of benzene rings is 1. The second kappa shape index (κ2) is 5.63. The van der Waals surface area contributed by atoms with Crippen LogP contribution in [0.25, 0.3) is 0 Å². The zero-order valence-corrected chi connectivity index (χ0v) is 10.5. The van der Waals surface area contributed by atoms with Gasteiger partial charge < -0.3 is 10.5 Å². The first-order valence-corrected chi connectivity index (χ1v) is 6.10. The lowest BCUT2D eigenvalue weighted by Gasteiger charge is -2.34. The molecule has 19 heavy (non-hydrogen) atoms. The topological polar surface area (TPSA) is 62.3 Å². The molecule has 0 saturated carbocycles. The van der Waals surface area contributed by atoms with Crippen molar-refractivity contribution in [3.8, 4) is 0 Å². The number of hydrogen-bond acceptors (Lipinski definition) is 3. The molecule has 3 N–H and O–H groups in total. The highest BCUT2D eigenvalue weighted by molar-refractivity contribution is 5.82. The van der Waals surface area contributed by atoms with Crippen LogP contribution in [0.1, 0.15) is 5.56 Å². The number of hydrogen-bond donors (Lipinski definition) is 2. The maximum absolute atomic E-state index is 14.1. The summed E-state index contributed by atoms with van der Waals surface area (Å²) in [6.45, 7) is 0.587. The Morgan fingerprint density at radius 1 is 1.42 bits per heavy atom. The zero-order chi connectivity index (χ0) is 13.9. The van der Waals surface area contributed by atoms with Crippen molar-refractivity contribution in [1.82, 2.24) is 4.90 Å². The number of nitrogens with one attached hydrogen (secondary N) is 1. The second-order valence-corrected chi connectivity index (χ2v) is 4.62. The fourth-order valence-corrected chi connectivity index (χ4v) is 2.09. The predicted octanol–water partition coefficient (Wildman–Crippen LogP) is 1.42. The normalized spacial score (nSPS) is 21.3. The molecule has 0 bridgehead atoms. The van der Waals surface area contributed by atoms with Crippen molar-refractivity contribution in [2.75, 3.05) is 26.2 Å². The van der Waals surface area contributed by atoms with E-state index in [9.17, 15) is 8.78 Å². The summed E-state index contributed by atoms with van der Waals surface area (Å²) in [5.74, 6) is -3.03. The van der Waals surface area contributed by atoms with Crippen molar-refractivity contribution in [2.24, 2.45) is 5.73 Å². The van der Waals surface area contributed by atoms with Gasteiger partial charge in [0, 0.05) is 18.7 Å². The highest BCUT2D eigenvalue weighted by Gasteiger charge is 2.36. The summed E-state index contributed by atoms with van der Waals surface area (Å²) in [6.07, 6.45) is -0.583. The fraction of sp³-hybridized carbons (Fsp3) is 0.462. The van der Waals surface area contributed by atoms with E-state index in [4.69, 9.17) is 15.9 Å². The van der Waals surface area contributed by atoms with Gasteiger partial charge in [-0.3, -0.25) is 10.3 Å². The Bertz CT molecular complexity index is 439. The van der Waals surface area contributed by atoms with Crippen molar-refractivity contribution in [2.45, 2.75) is 12.0 Å². The van der Waals surface area contributed by atoms with Gasteiger partial charge in [-0.1, -0.05) is 30.3 Å². The Morgan fingerprint density at radius 3 is 2.74 bits per heavy atom. The first-order valence-electron chi connectivity index (χ1n) is 6.10. The van der Waals surface area contributed by atoms with Gasteiger partial charge in [-0.2, -0.15) is 8.78 Å². The van der Waals surface area contributed by atoms with E-state index < -0.39 is 12.0 Å². The van der Waals surface area contributed by atoms with Crippen LogP contribution in [-0.4, -0.2) is 43.1 Å². The molecule has 1 aliphatic heterocycles. The van der Waals surface area contributed by atoms with Crippen LogP contribution in [0.3, 0.4) is 0 Å². The van der Waals surface area contributed by atoms with E-state index in [0.717, 1.165) is 0 Å². The summed E-state index contributed by atoms with van der Waals surface area (Å²) in [7, 11) is 0. The van der Waals surface area contributed by atoms with Gasteiger partial charge in [0.25, 0.3) is 5.92 Å². The van der Waals surface area contributed by atoms with Crippen LogP contribution in [0.2, 0.25) is 0 Å². The standard InChI is InChI=1S/C13H17F2N3O/c14-13(15,10-4-2-1-3-5-10)9-18-6-7-19-11(8-18)12(16)17/h1-5,11H,6-9H2,(H3,16,17). The van der Waals surface area contributed by atoms with Gasteiger partial charge in [0.05, 0.1) is 13.2 Å². The van der Waals surface area contributed by atoms with Crippen molar-refractivity contribution in [3.63, 3.8) is 0 Å². The largest absolute Gasteiger partial charge is 0.385 e. The zero-order valence-electron chi connectivity index (χ0n) is 10.5. The molecule has 0 spiro atoms. The first-order chi connectivity index (χ1) is 8.99. The van der Waals surface area contributed by atoms with E-state index in [-0.39, 0.29) is 24.5 Å². The molecule has 1 atom stereocenters. The molecule has 0 amide bonds. The Labute approximate surface area is 110 Å². The number of amidine groups is 1. The molecule has 1 saturated heterocycles. The van der Waals surface area contributed by atoms with Gasteiger partial charge in [-0.05, 0) is 0 Å². The minimum Gasteiger partial charge on any atom is -0.385 e. The third-order valence-corrected chi connectivity index (χ3v) is 3.12. The minimum absolute atomic E-state index is 0.000803. The third kappa shape index (κ3) is 3.48. The Morgan fingerprint density at radius 2 is 2.11 bits per heavy atom. The second-order valence-electron chi connectivity index (χ2n) is 4.62. The summed E-state index contributed by atoms with van der Waals surface area (Å²) >= 11 is 0. The Balaban J connectivity index is 2.02. The molecule has 0 aliphatic carbocycles. The van der Waals surface area contributed by atoms with Crippen molar-refractivity contribution in [3.05, 3.63) is 35.9 Å². The SMILES string of the molecule is N=C(N)C1CN(CC(F)(F)c2ccccc2)CCO1. The van der Waals surface area contributed by atoms with Gasteiger partial charge in [0.2, 0.25) is 0 Å². The molecule has 2 rings (SSSR count). The van der Waals surface area contributed by atoms with Crippen LogP contribution in [0.15, 0.2) is 30.3 Å². The number of halogens is 2. The molecule has 1 aromatic carbocycles. The van der Waals surface area contributed by atoms with Gasteiger partial charge in [0.1, 0.15) is 11.9 Å². The molecule has 104 valence electrons. The summed E-state index contributed by atoms with van der Waals surface area (Å²) in [6, 6.07) is 7.74. The molecular formula is C13H17F2N3O. The molecule has 1 unspecified atom stereocenters. The van der Waals surface area contributed by atoms with E-state index in [1.807, 2.05) is 0 Å². The lowest BCUT2D eigenvalue weighted by Crippen LogP contribution is -2.50. The molecule has 6 heteroatoms. The van der Waals surface area contributed by atoms with Crippen LogP contribution < -0.4 is 5.73 Å². The number of alkyl halides is 2. The summed E-state index contributed by atoms with van der Waals surface area (Å²) in [5, 5.41) is 7.31. The van der Waals surface area contributed by atoms with Gasteiger partial charge >= 0.3 is 0 Å². The maximum atomic E-state index is 14.1. The molecule has 1 heterocycles. The summed E-state index contributed by atoms with van der Waals surface area (Å²) < 4.78 is 33.5. The smallest absolute Gasteiger partial charge is 0.285 e. The van der Waals surface area contributed by atoms with E-state index in [0.29, 0.717) is 13.2 Å². The average Bonchev–Trinajstić information content (AvgIpc) is 2.39. The summed E-state index contributed by atoms with van der Waals surface area (Å²) in [5.41, 5.74) is 5.35. The van der Waals surface area contributed by atoms with E-state index in [1.54, 1.807) is 23.1 Å². The van der Waals surface area contributed by atoms with Crippen LogP contribution in [0.5, 0.6) is 0 Å². The highest BCUT2D eigenvalue weighted by atomic mass is 19.3. The minimum atomic E-state index is -2.92. The number of morpholine rings is 1. The Kier molecular flexibility index (Phi) is 4.11. The monoisotopic (exact) mass is 269 g/mol. The van der Waals surface area contributed by atoms with Gasteiger partial charge in [-0.25, -0.2) is 0 Å². The van der Waals surface area contributed by atoms with Crippen LogP contribution in [0.4, 0.5) is 8.78 Å². The van der Waals surface area contributed by atoms with Crippen LogP contribution in [0, 0.1) is 5.41 Å². The highest BCUT2D eigenvalue weighted by Crippen LogP contribution is 2.29. The molecule has 1 aromatic rings. The van der Waals surface area contributed by atoms with Crippen molar-refractivity contribution < 1.29 is 13.5 Å². The number of ether oxygens (including phenoxy) is 1. The quantitative estimate of drug-likeness (QED) is 0.642. The fourth-order valence-electron chi connectivity index (χ4n) is 2.09. The van der Waals surface area contributed by atoms with Crippen molar-refractivity contribution in [1.29, 1.82) is 5.41 Å². The molecule has 1 fully saturated rings. The average molecular weight is 269 g/mol. The van der Waals surface area contributed by atoms with E-state index >= 15 is 0 Å². The predicted molar refractivity (Wildman–Crippen MR) is 68.4 cm³/mol. The summed E-state index contributed by atoms with van der Waals surface area (Å²) in [4.78, 5) is 1.59. The molecule has 1 aliphatic rings. The van der Waals surface area contributed by atoms with Gasteiger partial charge in [0.15, 0.2) is 0 Å². The third-order valence-electron chi connectivity index (χ3n) is 3.12. The first kappa shape index (κ1) is 13.9. The van der Waals surface area contributed by atoms with E-state index in [1.165, 1.54) is 12.1 Å². The number of rotatable bonds is 4. The van der Waals surface area contributed by atoms with Crippen molar-refractivity contribution >= 4 is 5.84 Å². The Hall–Kier alpha value is -1.53. The number of nitrogens with two attached hydrogens (primary N) is 1. The maximum Gasteiger partial charge on any atom is 0.285 e. The van der Waals surface area contributed by atoms with Crippen LogP contribution >= 0.6 is 0 Å². The lowest BCUT2D eigenvalue weighted by atomic mass is 10.1. The molecule has 4 nitrogen and oxygen atoms in total. The molecular weight excluding hydrogens is 252 g/mol. The van der Waals surface area contributed by atoms with Crippen LogP contribution in [-0.2, 0) is 10.7 Å². The molecule has 0 aromatic heterocycles. The van der Waals surface area contributed by atoms with E-state index in [2.05, 4.69) is 0 Å². The van der Waals surface area contributed by atoms with Gasteiger partial charge in [-0.15, -0.1) is 0 Å². The number of nitrogens with zero attached hydrogens (tertiary/aromatic N) is 1. The lowest BCUT2D eigenvalue weighted by molar-refractivity contribution is -0.0710.